The predicted octanol–water partition coefficient (Wildman–Crippen LogP) is 2.63. The molecule has 1 aliphatic heterocycles. The summed E-state index contributed by atoms with van der Waals surface area (Å²) < 4.78 is 13.0. The molecule has 1 aromatic heterocycles. The highest BCUT2D eigenvalue weighted by Crippen LogP contribution is 2.30. The van der Waals surface area contributed by atoms with Gasteiger partial charge in [0, 0.05) is 13.5 Å². The fourth-order valence-electron chi connectivity index (χ4n) is 3.24. The average molecular weight is 342 g/mol. The SMILES string of the molecule is CC(=O)NCc1cncc([C@@H]2CCCN2CCc2ccc(F)cc2)n1. The Hall–Kier alpha value is -2.34. The Balaban J connectivity index is 1.63. The van der Waals surface area contributed by atoms with Gasteiger partial charge in [0.2, 0.25) is 5.91 Å². The van der Waals surface area contributed by atoms with E-state index in [1.165, 1.54) is 19.1 Å². The first-order chi connectivity index (χ1) is 12.1. The molecule has 2 heterocycles. The summed E-state index contributed by atoms with van der Waals surface area (Å²) in [4.78, 5) is 22.4. The van der Waals surface area contributed by atoms with Gasteiger partial charge in [0.05, 0.1) is 36.4 Å². The summed E-state index contributed by atoms with van der Waals surface area (Å²) in [5.41, 5.74) is 2.87. The van der Waals surface area contributed by atoms with Crippen molar-refractivity contribution in [2.75, 3.05) is 13.1 Å². The summed E-state index contributed by atoms with van der Waals surface area (Å²) in [5, 5.41) is 2.76. The Morgan fingerprint density at radius 3 is 2.88 bits per heavy atom. The molecule has 0 bridgehead atoms. The van der Waals surface area contributed by atoms with Crippen molar-refractivity contribution in [3.05, 3.63) is 59.4 Å². The van der Waals surface area contributed by atoms with Crippen LogP contribution in [0.2, 0.25) is 0 Å². The van der Waals surface area contributed by atoms with Crippen LogP contribution >= 0.6 is 0 Å². The smallest absolute Gasteiger partial charge is 0.217 e. The van der Waals surface area contributed by atoms with Gasteiger partial charge in [-0.2, -0.15) is 0 Å². The number of benzene rings is 1. The quantitative estimate of drug-likeness (QED) is 0.877. The maximum Gasteiger partial charge on any atom is 0.217 e. The van der Waals surface area contributed by atoms with Crippen LogP contribution in [0, 0.1) is 5.82 Å². The van der Waals surface area contributed by atoms with Crippen LogP contribution in [0.5, 0.6) is 0 Å². The molecule has 1 N–H and O–H groups in total. The van der Waals surface area contributed by atoms with Gasteiger partial charge in [-0.15, -0.1) is 0 Å². The molecule has 1 aliphatic rings. The lowest BCUT2D eigenvalue weighted by molar-refractivity contribution is -0.119. The molecule has 0 aliphatic carbocycles. The van der Waals surface area contributed by atoms with Crippen LogP contribution in [-0.4, -0.2) is 33.9 Å². The highest BCUT2D eigenvalue weighted by atomic mass is 19.1. The Labute approximate surface area is 147 Å². The molecule has 6 heteroatoms. The van der Waals surface area contributed by atoms with Gasteiger partial charge in [-0.25, -0.2) is 4.39 Å². The summed E-state index contributed by atoms with van der Waals surface area (Å²) in [7, 11) is 0. The highest BCUT2D eigenvalue weighted by molar-refractivity contribution is 5.72. The average Bonchev–Trinajstić information content (AvgIpc) is 3.08. The Bertz CT molecular complexity index is 720. The van der Waals surface area contributed by atoms with E-state index in [2.05, 4.69) is 20.2 Å². The number of nitrogens with zero attached hydrogens (tertiary/aromatic N) is 3. The molecule has 5 nitrogen and oxygen atoms in total. The lowest BCUT2D eigenvalue weighted by atomic mass is 10.1. The summed E-state index contributed by atoms with van der Waals surface area (Å²) in [5.74, 6) is -0.275. The second-order valence-electron chi connectivity index (χ2n) is 6.42. The zero-order chi connectivity index (χ0) is 17.6. The van der Waals surface area contributed by atoms with E-state index in [1.54, 1.807) is 6.20 Å². The van der Waals surface area contributed by atoms with Crippen molar-refractivity contribution < 1.29 is 9.18 Å². The number of carbonyl (C=O) groups is 1. The maximum atomic E-state index is 13.0. The molecule has 1 atom stereocenters. The number of nitrogens with one attached hydrogen (secondary N) is 1. The second kappa shape index (κ2) is 8.16. The van der Waals surface area contributed by atoms with Crippen molar-refractivity contribution in [2.24, 2.45) is 0 Å². The van der Waals surface area contributed by atoms with Crippen molar-refractivity contribution in [1.29, 1.82) is 0 Å². The predicted molar refractivity (Wildman–Crippen MR) is 93.2 cm³/mol. The van der Waals surface area contributed by atoms with Crippen molar-refractivity contribution in [2.45, 2.75) is 38.8 Å². The molecule has 1 saturated heterocycles. The van der Waals surface area contributed by atoms with Gasteiger partial charge in [0.1, 0.15) is 5.82 Å². The molecule has 0 unspecified atom stereocenters. The van der Waals surface area contributed by atoms with Crippen molar-refractivity contribution >= 4 is 5.91 Å². The topological polar surface area (TPSA) is 58.1 Å². The lowest BCUT2D eigenvalue weighted by Gasteiger charge is -2.24. The normalized spacial score (nSPS) is 17.6. The van der Waals surface area contributed by atoms with E-state index in [4.69, 9.17) is 0 Å². The molecule has 2 aromatic rings. The minimum atomic E-state index is -0.200. The zero-order valence-corrected chi connectivity index (χ0v) is 14.4. The van der Waals surface area contributed by atoms with Crippen LogP contribution in [0.1, 0.15) is 42.8 Å². The highest BCUT2D eigenvalue weighted by Gasteiger charge is 2.27. The molecular weight excluding hydrogens is 319 g/mol. The number of hydrogen-bond acceptors (Lipinski definition) is 4. The van der Waals surface area contributed by atoms with E-state index in [-0.39, 0.29) is 17.8 Å². The minimum absolute atomic E-state index is 0.0750. The van der Waals surface area contributed by atoms with Crippen LogP contribution in [-0.2, 0) is 17.8 Å². The van der Waals surface area contributed by atoms with Gasteiger partial charge in [-0.1, -0.05) is 12.1 Å². The van der Waals surface area contributed by atoms with Crippen molar-refractivity contribution in [3.8, 4) is 0 Å². The van der Waals surface area contributed by atoms with E-state index in [0.29, 0.717) is 6.54 Å². The number of hydrogen-bond donors (Lipinski definition) is 1. The largest absolute Gasteiger partial charge is 0.351 e. The first-order valence-corrected chi connectivity index (χ1v) is 8.65. The van der Waals surface area contributed by atoms with Gasteiger partial charge in [0.25, 0.3) is 0 Å². The molecule has 0 spiro atoms. The summed E-state index contributed by atoms with van der Waals surface area (Å²) in [6, 6.07) is 6.95. The standard InChI is InChI=1S/C19H23FN4O/c1-14(25)22-12-17-11-21-13-18(23-17)19-3-2-9-24(19)10-8-15-4-6-16(20)7-5-15/h4-7,11,13,19H,2-3,8-10,12H2,1H3,(H,22,25)/t19-/m0/s1. The second-order valence-corrected chi connectivity index (χ2v) is 6.42. The van der Waals surface area contributed by atoms with E-state index in [1.807, 2.05) is 18.3 Å². The summed E-state index contributed by atoms with van der Waals surface area (Å²) in [6.45, 7) is 3.83. The molecule has 0 saturated carbocycles. The van der Waals surface area contributed by atoms with Crippen LogP contribution in [0.3, 0.4) is 0 Å². The van der Waals surface area contributed by atoms with Crippen LogP contribution in [0.25, 0.3) is 0 Å². The van der Waals surface area contributed by atoms with E-state index >= 15 is 0 Å². The van der Waals surface area contributed by atoms with Gasteiger partial charge in [-0.3, -0.25) is 19.7 Å². The minimum Gasteiger partial charge on any atom is -0.351 e. The molecule has 25 heavy (non-hydrogen) atoms. The molecule has 1 aromatic carbocycles. The number of amides is 1. The first-order valence-electron chi connectivity index (χ1n) is 8.65. The molecule has 0 radical (unpaired) electrons. The molecular formula is C19H23FN4O. The zero-order valence-electron chi connectivity index (χ0n) is 14.4. The number of halogens is 1. The van der Waals surface area contributed by atoms with E-state index in [9.17, 15) is 9.18 Å². The third-order valence-corrected chi connectivity index (χ3v) is 4.53. The van der Waals surface area contributed by atoms with Gasteiger partial charge in [0.15, 0.2) is 0 Å². The van der Waals surface area contributed by atoms with E-state index in [0.717, 1.165) is 49.3 Å². The number of aromatic nitrogens is 2. The molecule has 3 rings (SSSR count). The fraction of sp³-hybridized carbons (Fsp3) is 0.421. The molecule has 132 valence electrons. The molecule has 1 amide bonds. The van der Waals surface area contributed by atoms with Crippen LogP contribution in [0.4, 0.5) is 4.39 Å². The monoisotopic (exact) mass is 342 g/mol. The molecule has 1 fully saturated rings. The summed E-state index contributed by atoms with van der Waals surface area (Å²) in [6.07, 6.45) is 6.58. The number of likely N-dealkylation sites (tertiary alicyclic amines) is 1. The third kappa shape index (κ3) is 4.82. The Morgan fingerprint density at radius 2 is 2.12 bits per heavy atom. The summed E-state index contributed by atoms with van der Waals surface area (Å²) >= 11 is 0. The van der Waals surface area contributed by atoms with Crippen LogP contribution < -0.4 is 5.32 Å². The number of rotatable bonds is 6. The Kier molecular flexibility index (Phi) is 5.71. The fourth-order valence-corrected chi connectivity index (χ4v) is 3.24. The van der Waals surface area contributed by atoms with Gasteiger partial charge < -0.3 is 5.32 Å². The first kappa shape index (κ1) is 17.5. The van der Waals surface area contributed by atoms with Gasteiger partial charge in [-0.05, 0) is 43.5 Å². The van der Waals surface area contributed by atoms with Crippen LogP contribution in [0.15, 0.2) is 36.7 Å². The van der Waals surface area contributed by atoms with Crippen molar-refractivity contribution in [3.63, 3.8) is 0 Å². The lowest BCUT2D eigenvalue weighted by Crippen LogP contribution is -2.27. The Morgan fingerprint density at radius 1 is 1.32 bits per heavy atom. The maximum absolute atomic E-state index is 13.0. The third-order valence-electron chi connectivity index (χ3n) is 4.53. The van der Waals surface area contributed by atoms with E-state index < -0.39 is 0 Å². The van der Waals surface area contributed by atoms with Crippen molar-refractivity contribution in [1.82, 2.24) is 20.2 Å². The van der Waals surface area contributed by atoms with Gasteiger partial charge >= 0.3 is 0 Å². The number of carbonyl (C=O) groups excluding carboxylic acids is 1.